The maximum Gasteiger partial charge on any atom is 0.315 e. The second-order valence-corrected chi connectivity index (χ2v) is 6.05. The third kappa shape index (κ3) is 5.21. The molecule has 0 fully saturated rings. The zero-order chi connectivity index (χ0) is 17.5. The highest BCUT2D eigenvalue weighted by atomic mass is 16.2. The predicted molar refractivity (Wildman–Crippen MR) is 98.0 cm³/mol. The summed E-state index contributed by atoms with van der Waals surface area (Å²) in [7, 11) is 0. The fraction of sp³-hybridized carbons (Fsp3) is 0.200. The largest absolute Gasteiger partial charge is 0.334 e. The summed E-state index contributed by atoms with van der Waals surface area (Å²) in [5.41, 5.74) is 4.52. The Morgan fingerprint density at radius 3 is 2.40 bits per heavy atom. The van der Waals surface area contributed by atoms with E-state index in [2.05, 4.69) is 27.9 Å². The summed E-state index contributed by atoms with van der Waals surface area (Å²) in [6.07, 6.45) is 3.70. The molecule has 0 aliphatic carbocycles. The molecule has 0 bridgehead atoms. The quantitative estimate of drug-likeness (QED) is 0.727. The van der Waals surface area contributed by atoms with Crippen molar-refractivity contribution in [2.24, 2.45) is 0 Å². The molecule has 0 spiro atoms. The molecule has 0 unspecified atom stereocenters. The third-order valence-corrected chi connectivity index (χ3v) is 3.92. The van der Waals surface area contributed by atoms with Gasteiger partial charge in [-0.2, -0.15) is 5.10 Å². The highest BCUT2D eigenvalue weighted by Crippen LogP contribution is 2.07. The maximum atomic E-state index is 12.0. The Balaban J connectivity index is 1.47. The first kappa shape index (κ1) is 16.8. The van der Waals surface area contributed by atoms with Gasteiger partial charge in [-0.1, -0.05) is 54.1 Å². The van der Waals surface area contributed by atoms with Crippen LogP contribution in [0.5, 0.6) is 0 Å². The average Bonchev–Trinajstić information content (AvgIpc) is 3.13. The van der Waals surface area contributed by atoms with Crippen molar-refractivity contribution < 1.29 is 4.79 Å². The number of urea groups is 1. The molecule has 25 heavy (non-hydrogen) atoms. The molecule has 3 rings (SSSR count). The molecule has 2 amide bonds. The zero-order valence-corrected chi connectivity index (χ0v) is 14.3. The lowest BCUT2D eigenvalue weighted by molar-refractivity contribution is 0.240. The predicted octanol–water partition coefficient (Wildman–Crippen LogP) is 3.24. The Labute approximate surface area is 147 Å². The van der Waals surface area contributed by atoms with E-state index < -0.39 is 0 Å². The third-order valence-electron chi connectivity index (χ3n) is 3.92. The number of nitrogens with zero attached hydrogens (tertiary/aromatic N) is 2. The molecular weight excluding hydrogens is 312 g/mol. The Morgan fingerprint density at radius 2 is 1.68 bits per heavy atom. The first-order chi connectivity index (χ1) is 12.2. The molecule has 2 N–H and O–H groups in total. The van der Waals surface area contributed by atoms with Crippen molar-refractivity contribution in [2.45, 2.75) is 26.6 Å². The number of carbonyl (C=O) groups is 1. The Morgan fingerprint density at radius 1 is 0.960 bits per heavy atom. The summed E-state index contributed by atoms with van der Waals surface area (Å²) in [6, 6.07) is 18.0. The molecule has 0 saturated heterocycles. The van der Waals surface area contributed by atoms with Gasteiger partial charge in [0.25, 0.3) is 0 Å². The first-order valence-corrected chi connectivity index (χ1v) is 8.31. The van der Waals surface area contributed by atoms with Crippen molar-refractivity contribution >= 4 is 6.03 Å². The molecule has 2 aromatic carbocycles. The fourth-order valence-electron chi connectivity index (χ4n) is 2.55. The van der Waals surface area contributed by atoms with Crippen LogP contribution in [0.25, 0.3) is 0 Å². The minimum Gasteiger partial charge on any atom is -0.334 e. The molecule has 5 heteroatoms. The molecule has 0 atom stereocenters. The van der Waals surface area contributed by atoms with Crippen molar-refractivity contribution in [1.29, 1.82) is 0 Å². The summed E-state index contributed by atoms with van der Waals surface area (Å²) in [5.74, 6) is 0. The number of rotatable bonds is 6. The van der Waals surface area contributed by atoms with Crippen molar-refractivity contribution in [3.05, 3.63) is 89.2 Å². The SMILES string of the molecule is Cc1ccc(CNC(=O)NCc2cccc(Cn3cccn3)c2)cc1. The van der Waals surface area contributed by atoms with Crippen LogP contribution >= 0.6 is 0 Å². The first-order valence-electron chi connectivity index (χ1n) is 8.31. The summed E-state index contributed by atoms with van der Waals surface area (Å²) in [5, 5.41) is 9.98. The van der Waals surface area contributed by atoms with Gasteiger partial charge in [-0.3, -0.25) is 4.68 Å². The summed E-state index contributed by atoms with van der Waals surface area (Å²) in [4.78, 5) is 12.0. The van der Waals surface area contributed by atoms with Crippen LogP contribution in [0, 0.1) is 6.92 Å². The van der Waals surface area contributed by atoms with Crippen LogP contribution < -0.4 is 10.6 Å². The van der Waals surface area contributed by atoms with Crippen LogP contribution in [0.2, 0.25) is 0 Å². The van der Waals surface area contributed by atoms with Gasteiger partial charge in [0.05, 0.1) is 6.54 Å². The van der Waals surface area contributed by atoms with E-state index in [-0.39, 0.29) is 6.03 Å². The summed E-state index contributed by atoms with van der Waals surface area (Å²) < 4.78 is 1.88. The topological polar surface area (TPSA) is 59.0 Å². The normalized spacial score (nSPS) is 10.4. The number of benzene rings is 2. The molecule has 0 aliphatic heterocycles. The van der Waals surface area contributed by atoms with Gasteiger partial charge in [-0.15, -0.1) is 0 Å². The fourth-order valence-corrected chi connectivity index (χ4v) is 2.55. The van der Waals surface area contributed by atoms with E-state index in [9.17, 15) is 4.79 Å². The molecule has 5 nitrogen and oxygen atoms in total. The van der Waals surface area contributed by atoms with Gasteiger partial charge >= 0.3 is 6.03 Å². The van der Waals surface area contributed by atoms with Crippen LogP contribution in [0.1, 0.15) is 22.3 Å². The van der Waals surface area contributed by atoms with Gasteiger partial charge in [0.15, 0.2) is 0 Å². The number of amides is 2. The zero-order valence-electron chi connectivity index (χ0n) is 14.3. The van der Waals surface area contributed by atoms with Gasteiger partial charge in [0.1, 0.15) is 0 Å². The van der Waals surface area contributed by atoms with Crippen LogP contribution in [-0.2, 0) is 19.6 Å². The summed E-state index contributed by atoms with van der Waals surface area (Å²) in [6.45, 7) is 3.78. The highest BCUT2D eigenvalue weighted by molar-refractivity contribution is 5.73. The van der Waals surface area contributed by atoms with Crippen molar-refractivity contribution in [1.82, 2.24) is 20.4 Å². The molecule has 0 saturated carbocycles. The molecule has 1 aromatic heterocycles. The molecule has 1 heterocycles. The van der Waals surface area contributed by atoms with Crippen molar-refractivity contribution in [3.63, 3.8) is 0 Å². The number of carbonyl (C=O) groups excluding carboxylic acids is 1. The molecule has 0 aliphatic rings. The lowest BCUT2D eigenvalue weighted by Crippen LogP contribution is -2.34. The van der Waals surface area contributed by atoms with Gasteiger partial charge in [0.2, 0.25) is 0 Å². The van der Waals surface area contributed by atoms with E-state index in [4.69, 9.17) is 0 Å². The van der Waals surface area contributed by atoms with Crippen molar-refractivity contribution in [3.8, 4) is 0 Å². The lowest BCUT2D eigenvalue weighted by atomic mass is 10.1. The number of hydrogen-bond acceptors (Lipinski definition) is 2. The molecule has 3 aromatic rings. The van der Waals surface area contributed by atoms with Gasteiger partial charge < -0.3 is 10.6 Å². The van der Waals surface area contributed by atoms with E-state index in [0.29, 0.717) is 13.1 Å². The van der Waals surface area contributed by atoms with Crippen LogP contribution in [0.15, 0.2) is 67.0 Å². The molecular formula is C20H22N4O. The van der Waals surface area contributed by atoms with Gasteiger partial charge in [0, 0.05) is 25.5 Å². The highest BCUT2D eigenvalue weighted by Gasteiger charge is 2.02. The van der Waals surface area contributed by atoms with Crippen LogP contribution in [0.4, 0.5) is 4.79 Å². The second kappa shape index (κ2) is 8.15. The lowest BCUT2D eigenvalue weighted by Gasteiger charge is -2.09. The monoisotopic (exact) mass is 334 g/mol. The number of aryl methyl sites for hydroxylation is 1. The van der Waals surface area contributed by atoms with Crippen molar-refractivity contribution in [2.75, 3.05) is 0 Å². The number of hydrogen-bond donors (Lipinski definition) is 2. The van der Waals surface area contributed by atoms with E-state index >= 15 is 0 Å². The van der Waals surface area contributed by atoms with Crippen LogP contribution in [-0.4, -0.2) is 15.8 Å². The smallest absolute Gasteiger partial charge is 0.315 e. The molecule has 128 valence electrons. The summed E-state index contributed by atoms with van der Waals surface area (Å²) >= 11 is 0. The van der Waals surface area contributed by atoms with E-state index in [1.807, 2.05) is 60.3 Å². The van der Waals surface area contributed by atoms with E-state index in [1.54, 1.807) is 6.20 Å². The standard InChI is InChI=1S/C20H22N4O/c1-16-6-8-17(9-7-16)13-21-20(25)22-14-18-4-2-5-19(12-18)15-24-11-3-10-23-24/h2-12H,13-15H2,1H3,(H2,21,22,25). The van der Waals surface area contributed by atoms with Crippen LogP contribution in [0.3, 0.4) is 0 Å². The number of aromatic nitrogens is 2. The maximum absolute atomic E-state index is 12.0. The van der Waals surface area contributed by atoms with E-state index in [0.717, 1.165) is 23.2 Å². The van der Waals surface area contributed by atoms with E-state index in [1.165, 1.54) is 5.56 Å². The second-order valence-electron chi connectivity index (χ2n) is 6.05. The Bertz CT molecular complexity index is 810. The average molecular weight is 334 g/mol. The minimum atomic E-state index is -0.168. The number of nitrogens with one attached hydrogen (secondary N) is 2. The molecule has 0 radical (unpaired) electrons. The van der Waals surface area contributed by atoms with Gasteiger partial charge in [-0.05, 0) is 29.7 Å². The van der Waals surface area contributed by atoms with Gasteiger partial charge in [-0.25, -0.2) is 4.79 Å². The Hall–Kier alpha value is -3.08. The Kier molecular flexibility index (Phi) is 5.46. The minimum absolute atomic E-state index is 0.168.